The van der Waals surface area contributed by atoms with Crippen LogP contribution in [0.2, 0.25) is 0 Å². The summed E-state index contributed by atoms with van der Waals surface area (Å²) < 4.78 is 37.6. The van der Waals surface area contributed by atoms with Gasteiger partial charge in [-0.15, -0.1) is 0 Å². The Morgan fingerprint density at radius 1 is 1.19 bits per heavy atom. The van der Waals surface area contributed by atoms with E-state index in [0.29, 0.717) is 19.6 Å². The number of aryl methyl sites for hydroxylation is 1. The molecule has 0 saturated carbocycles. The highest BCUT2D eigenvalue weighted by Crippen LogP contribution is 2.30. The molecule has 2 N–H and O–H groups in total. The molecule has 5 heteroatoms. The minimum absolute atomic E-state index is 0.00829. The molecule has 0 saturated heterocycles. The number of benzene rings is 1. The molecule has 0 spiro atoms. The first-order valence-corrected chi connectivity index (χ1v) is 7.23. The maximum absolute atomic E-state index is 12.5. The molecule has 1 atom stereocenters. The second kappa shape index (κ2) is 7.09. The van der Waals surface area contributed by atoms with Gasteiger partial charge in [0.25, 0.3) is 0 Å². The van der Waals surface area contributed by atoms with Crippen LogP contribution in [0.4, 0.5) is 13.2 Å². The number of hydrogen-bond donors (Lipinski definition) is 1. The summed E-state index contributed by atoms with van der Waals surface area (Å²) in [4.78, 5) is 1.99. The van der Waals surface area contributed by atoms with Gasteiger partial charge in [-0.1, -0.05) is 36.4 Å². The summed E-state index contributed by atoms with van der Waals surface area (Å²) in [6, 6.07) is 10.1. The molecule has 0 aromatic heterocycles. The van der Waals surface area contributed by atoms with E-state index in [0.717, 1.165) is 12.8 Å². The van der Waals surface area contributed by atoms with E-state index >= 15 is 0 Å². The van der Waals surface area contributed by atoms with Gasteiger partial charge in [-0.3, -0.25) is 4.90 Å². The fourth-order valence-electron chi connectivity index (χ4n) is 2.55. The van der Waals surface area contributed by atoms with Gasteiger partial charge in [0.05, 0.1) is 0 Å². The van der Waals surface area contributed by atoms with Gasteiger partial charge in [0.15, 0.2) is 0 Å². The van der Waals surface area contributed by atoms with Gasteiger partial charge in [0.2, 0.25) is 0 Å². The van der Waals surface area contributed by atoms with Gasteiger partial charge in [0, 0.05) is 31.2 Å². The van der Waals surface area contributed by atoms with Crippen LogP contribution in [0.15, 0.2) is 42.0 Å². The molecular formula is C16H21F3N2. The van der Waals surface area contributed by atoms with Crippen LogP contribution < -0.4 is 5.73 Å². The van der Waals surface area contributed by atoms with Gasteiger partial charge in [-0.05, 0) is 24.8 Å². The third-order valence-electron chi connectivity index (χ3n) is 3.80. The zero-order valence-electron chi connectivity index (χ0n) is 11.9. The Hall–Kier alpha value is -1.33. The highest BCUT2D eigenvalue weighted by Gasteiger charge is 2.34. The molecule has 0 aliphatic carbocycles. The summed E-state index contributed by atoms with van der Waals surface area (Å²) in [7, 11) is 0. The smallest absolute Gasteiger partial charge is 0.327 e. The van der Waals surface area contributed by atoms with Crippen LogP contribution in [-0.2, 0) is 6.42 Å². The molecular weight excluding hydrogens is 277 g/mol. The average molecular weight is 298 g/mol. The third-order valence-corrected chi connectivity index (χ3v) is 3.80. The molecule has 2 nitrogen and oxygen atoms in total. The van der Waals surface area contributed by atoms with Crippen molar-refractivity contribution in [2.45, 2.75) is 31.5 Å². The second-order valence-corrected chi connectivity index (χ2v) is 5.52. The maximum Gasteiger partial charge on any atom is 0.412 e. The Bertz CT molecular complexity index is 468. The normalized spacial score (nSPS) is 18.4. The van der Waals surface area contributed by atoms with E-state index in [-0.39, 0.29) is 12.5 Å². The van der Waals surface area contributed by atoms with Gasteiger partial charge < -0.3 is 5.73 Å². The molecule has 1 heterocycles. The Labute approximate surface area is 123 Å². The van der Waals surface area contributed by atoms with E-state index in [1.807, 2.05) is 23.1 Å². The van der Waals surface area contributed by atoms with Crippen molar-refractivity contribution >= 4 is 0 Å². The summed E-state index contributed by atoms with van der Waals surface area (Å²) in [6.07, 6.45) is -1.08. The summed E-state index contributed by atoms with van der Waals surface area (Å²) in [5.41, 5.74) is 6.92. The predicted molar refractivity (Wildman–Crippen MR) is 77.9 cm³/mol. The Kier molecular flexibility index (Phi) is 5.42. The summed E-state index contributed by atoms with van der Waals surface area (Å²) >= 11 is 0. The molecule has 0 radical (unpaired) electrons. The van der Waals surface area contributed by atoms with Crippen LogP contribution in [0.1, 0.15) is 18.4 Å². The fraction of sp³-hybridized carbons (Fsp3) is 0.500. The van der Waals surface area contributed by atoms with Crippen molar-refractivity contribution in [1.29, 1.82) is 0 Å². The van der Waals surface area contributed by atoms with E-state index < -0.39 is 11.7 Å². The number of nitrogens with two attached hydrogens (primary N) is 1. The van der Waals surface area contributed by atoms with Crippen LogP contribution >= 0.6 is 0 Å². The summed E-state index contributed by atoms with van der Waals surface area (Å²) in [5, 5.41) is 0. The lowest BCUT2D eigenvalue weighted by Crippen LogP contribution is -2.41. The molecule has 1 aliphatic heterocycles. The molecule has 1 aliphatic rings. The molecule has 0 bridgehead atoms. The highest BCUT2D eigenvalue weighted by atomic mass is 19.4. The van der Waals surface area contributed by atoms with Gasteiger partial charge in [-0.25, -0.2) is 0 Å². The minimum atomic E-state index is -4.18. The fourth-order valence-corrected chi connectivity index (χ4v) is 2.55. The summed E-state index contributed by atoms with van der Waals surface area (Å²) in [5.74, 6) is 0. The topological polar surface area (TPSA) is 29.3 Å². The monoisotopic (exact) mass is 298 g/mol. The maximum atomic E-state index is 12.5. The number of rotatable bonds is 5. The Morgan fingerprint density at radius 3 is 2.48 bits per heavy atom. The summed E-state index contributed by atoms with van der Waals surface area (Å²) in [6.45, 7) is 1.42. The first-order valence-electron chi connectivity index (χ1n) is 7.23. The molecule has 0 amide bonds. The minimum Gasteiger partial charge on any atom is -0.327 e. The van der Waals surface area contributed by atoms with Crippen molar-refractivity contribution < 1.29 is 13.2 Å². The van der Waals surface area contributed by atoms with Crippen molar-refractivity contribution in [2.24, 2.45) is 5.73 Å². The second-order valence-electron chi connectivity index (χ2n) is 5.52. The number of nitrogens with zero attached hydrogens (tertiary/aromatic N) is 1. The van der Waals surface area contributed by atoms with Crippen molar-refractivity contribution in [1.82, 2.24) is 4.90 Å². The average Bonchev–Trinajstić information content (AvgIpc) is 2.46. The molecule has 1 unspecified atom stereocenters. The zero-order chi connectivity index (χ0) is 15.3. The zero-order valence-corrected chi connectivity index (χ0v) is 11.9. The van der Waals surface area contributed by atoms with Gasteiger partial charge in [0.1, 0.15) is 0 Å². The molecule has 116 valence electrons. The SMILES string of the molecule is NC(CCc1ccccc1)CN1CC=C(C(F)(F)F)CC1. The highest BCUT2D eigenvalue weighted by molar-refractivity contribution is 5.15. The number of halogens is 3. The van der Waals surface area contributed by atoms with Crippen LogP contribution in [0, 0.1) is 0 Å². The van der Waals surface area contributed by atoms with E-state index in [1.54, 1.807) is 0 Å². The van der Waals surface area contributed by atoms with E-state index in [1.165, 1.54) is 11.6 Å². The number of hydrogen-bond acceptors (Lipinski definition) is 2. The number of alkyl halides is 3. The van der Waals surface area contributed by atoms with Crippen LogP contribution in [0.25, 0.3) is 0 Å². The van der Waals surface area contributed by atoms with Crippen molar-refractivity contribution in [2.75, 3.05) is 19.6 Å². The van der Waals surface area contributed by atoms with E-state index in [4.69, 9.17) is 5.73 Å². The lowest BCUT2D eigenvalue weighted by Gasteiger charge is -2.29. The predicted octanol–water partition coefficient (Wildman–Crippen LogP) is 3.14. The third kappa shape index (κ3) is 5.17. The molecule has 21 heavy (non-hydrogen) atoms. The lowest BCUT2D eigenvalue weighted by molar-refractivity contribution is -0.0960. The van der Waals surface area contributed by atoms with Crippen LogP contribution in [0.5, 0.6) is 0 Å². The standard InChI is InChI=1S/C16H21F3N2/c17-16(18,19)14-8-10-21(11-9-14)12-15(20)7-6-13-4-2-1-3-5-13/h1-5,8,15H,6-7,9-12,20H2. The van der Waals surface area contributed by atoms with Crippen molar-refractivity contribution in [3.05, 3.63) is 47.5 Å². The van der Waals surface area contributed by atoms with Crippen LogP contribution in [-0.4, -0.2) is 36.8 Å². The van der Waals surface area contributed by atoms with Crippen molar-refractivity contribution in [3.63, 3.8) is 0 Å². The van der Waals surface area contributed by atoms with Crippen molar-refractivity contribution in [3.8, 4) is 0 Å². The largest absolute Gasteiger partial charge is 0.412 e. The quantitative estimate of drug-likeness (QED) is 0.846. The first-order chi connectivity index (χ1) is 9.95. The first kappa shape index (κ1) is 16.0. The van der Waals surface area contributed by atoms with E-state index in [9.17, 15) is 13.2 Å². The Balaban J connectivity index is 1.74. The van der Waals surface area contributed by atoms with E-state index in [2.05, 4.69) is 12.1 Å². The molecule has 1 aromatic rings. The molecule has 1 aromatic carbocycles. The van der Waals surface area contributed by atoms with Crippen LogP contribution in [0.3, 0.4) is 0 Å². The van der Waals surface area contributed by atoms with Gasteiger partial charge >= 0.3 is 6.18 Å². The molecule has 0 fully saturated rings. The lowest BCUT2D eigenvalue weighted by atomic mass is 10.0. The molecule has 2 rings (SSSR count). The van der Waals surface area contributed by atoms with Gasteiger partial charge in [-0.2, -0.15) is 13.2 Å². The Morgan fingerprint density at radius 2 is 1.90 bits per heavy atom.